The first kappa shape index (κ1) is 9.04. The van der Waals surface area contributed by atoms with Gasteiger partial charge in [-0.05, 0) is 41.8 Å². The molecule has 0 aliphatic rings. The Labute approximate surface area is 93.6 Å². The molecule has 0 radical (unpaired) electrons. The summed E-state index contributed by atoms with van der Waals surface area (Å²) in [6.07, 6.45) is 6.06. The fraction of sp³-hybridized carbons (Fsp3) is 0. The van der Waals surface area contributed by atoms with E-state index in [0.29, 0.717) is 0 Å². The van der Waals surface area contributed by atoms with Crippen LogP contribution in [0.4, 0.5) is 0 Å². The van der Waals surface area contributed by atoms with Crippen LogP contribution in [0, 0.1) is 0 Å². The minimum Gasteiger partial charge on any atom is -0.362 e. The fourth-order valence-corrected chi connectivity index (χ4v) is 1.81. The topological polar surface area (TPSA) is 31.6 Å². The van der Waals surface area contributed by atoms with Crippen molar-refractivity contribution < 1.29 is 0 Å². The van der Waals surface area contributed by atoms with Gasteiger partial charge in [-0.25, -0.2) is 0 Å². The lowest BCUT2D eigenvalue weighted by Gasteiger charge is -1.86. The van der Waals surface area contributed by atoms with Gasteiger partial charge in [0.1, 0.15) is 0 Å². The number of rotatable bonds is 2. The van der Waals surface area contributed by atoms with Crippen molar-refractivity contribution in [2.24, 2.45) is 0 Å². The van der Waals surface area contributed by atoms with Crippen LogP contribution < -0.4 is 0 Å². The molecule has 2 heteroatoms. The molecule has 2 N–H and O–H groups in total. The van der Waals surface area contributed by atoms with Gasteiger partial charge >= 0.3 is 0 Å². The van der Waals surface area contributed by atoms with Gasteiger partial charge in [0.05, 0.1) is 0 Å². The molecule has 0 amide bonds. The van der Waals surface area contributed by atoms with Gasteiger partial charge in [0.25, 0.3) is 0 Å². The van der Waals surface area contributed by atoms with Crippen LogP contribution >= 0.6 is 0 Å². The molecule has 0 fully saturated rings. The van der Waals surface area contributed by atoms with E-state index in [-0.39, 0.29) is 0 Å². The lowest BCUT2D eigenvalue weighted by atomic mass is 10.2. The molecule has 0 bridgehead atoms. The van der Waals surface area contributed by atoms with E-state index in [1.807, 2.05) is 24.4 Å². The van der Waals surface area contributed by atoms with Gasteiger partial charge in [-0.1, -0.05) is 18.2 Å². The summed E-state index contributed by atoms with van der Waals surface area (Å²) in [6, 6.07) is 14.5. The summed E-state index contributed by atoms with van der Waals surface area (Å²) in [5.41, 5.74) is 3.41. The summed E-state index contributed by atoms with van der Waals surface area (Å²) in [6.45, 7) is 0. The van der Waals surface area contributed by atoms with E-state index in [1.54, 1.807) is 0 Å². The van der Waals surface area contributed by atoms with Crippen molar-refractivity contribution in [2.45, 2.75) is 0 Å². The molecule has 3 rings (SSSR count). The first-order chi connectivity index (χ1) is 7.92. The molecule has 78 valence electrons. The first-order valence-electron chi connectivity index (χ1n) is 5.31. The molecule has 1 aromatic carbocycles. The van der Waals surface area contributed by atoms with E-state index in [2.05, 4.69) is 46.4 Å². The highest BCUT2D eigenvalue weighted by atomic mass is 14.7. The Morgan fingerprint density at radius 1 is 0.875 bits per heavy atom. The normalized spacial score (nSPS) is 11.5. The molecular formula is C14H12N2. The number of para-hydroxylation sites is 1. The zero-order valence-corrected chi connectivity index (χ0v) is 8.77. The predicted octanol–water partition coefficient (Wildman–Crippen LogP) is 3.67. The van der Waals surface area contributed by atoms with Crippen molar-refractivity contribution in [3.8, 4) is 0 Å². The highest BCUT2D eigenvalue weighted by molar-refractivity contribution is 5.84. The van der Waals surface area contributed by atoms with Crippen LogP contribution in [0.15, 0.2) is 48.7 Å². The maximum absolute atomic E-state index is 3.36. The average molecular weight is 208 g/mol. The molecule has 0 saturated carbocycles. The van der Waals surface area contributed by atoms with E-state index in [0.717, 1.165) is 11.4 Å². The zero-order chi connectivity index (χ0) is 10.8. The summed E-state index contributed by atoms with van der Waals surface area (Å²) in [4.78, 5) is 6.50. The molecule has 16 heavy (non-hydrogen) atoms. The maximum atomic E-state index is 3.36. The molecule has 0 aliphatic carbocycles. The van der Waals surface area contributed by atoms with Crippen molar-refractivity contribution in [1.82, 2.24) is 9.97 Å². The zero-order valence-electron chi connectivity index (χ0n) is 8.77. The van der Waals surface area contributed by atoms with Crippen molar-refractivity contribution in [3.63, 3.8) is 0 Å². The molecule has 0 spiro atoms. The van der Waals surface area contributed by atoms with Gasteiger partial charge in [0.15, 0.2) is 0 Å². The van der Waals surface area contributed by atoms with Crippen LogP contribution in [0.25, 0.3) is 23.1 Å². The third kappa shape index (κ3) is 1.65. The van der Waals surface area contributed by atoms with Crippen LogP contribution in [0.3, 0.4) is 0 Å². The van der Waals surface area contributed by atoms with E-state index in [9.17, 15) is 0 Å². The van der Waals surface area contributed by atoms with E-state index >= 15 is 0 Å². The standard InChI is InChI=1S/C14H12N2/c1-2-6-14-11(4-1)10-13(16-14)8-7-12-5-3-9-15-12/h1-10,15-16H/b8-7+. The Morgan fingerprint density at radius 2 is 1.75 bits per heavy atom. The van der Waals surface area contributed by atoms with Gasteiger partial charge in [-0.2, -0.15) is 0 Å². The number of nitrogens with one attached hydrogen (secondary N) is 2. The second-order valence-electron chi connectivity index (χ2n) is 3.77. The van der Waals surface area contributed by atoms with Crippen molar-refractivity contribution >= 4 is 23.1 Å². The minimum atomic E-state index is 1.11. The van der Waals surface area contributed by atoms with Gasteiger partial charge in [-0.3, -0.25) is 0 Å². The fourth-order valence-electron chi connectivity index (χ4n) is 1.81. The molecule has 0 saturated heterocycles. The molecule has 0 atom stereocenters. The lowest BCUT2D eigenvalue weighted by molar-refractivity contribution is 1.37. The van der Waals surface area contributed by atoms with Crippen LogP contribution in [0.1, 0.15) is 11.4 Å². The van der Waals surface area contributed by atoms with Crippen molar-refractivity contribution in [3.05, 3.63) is 60.0 Å². The molecule has 0 unspecified atom stereocenters. The summed E-state index contributed by atoms with van der Waals surface area (Å²) in [5.74, 6) is 0. The summed E-state index contributed by atoms with van der Waals surface area (Å²) < 4.78 is 0. The highest BCUT2D eigenvalue weighted by Gasteiger charge is 1.95. The van der Waals surface area contributed by atoms with Crippen LogP contribution in [-0.4, -0.2) is 9.97 Å². The molecule has 2 heterocycles. The SMILES string of the molecule is C(=C\c1cc2ccccc2[nH]1)/c1ccc[nH]1. The lowest BCUT2D eigenvalue weighted by Crippen LogP contribution is -1.70. The summed E-state index contributed by atoms with van der Waals surface area (Å²) >= 11 is 0. The Bertz CT molecular complexity index is 582. The largest absolute Gasteiger partial charge is 0.362 e. The van der Waals surface area contributed by atoms with Gasteiger partial charge in [0.2, 0.25) is 0 Å². The summed E-state index contributed by atoms with van der Waals surface area (Å²) in [5, 5.41) is 1.24. The average Bonchev–Trinajstić information content (AvgIpc) is 2.95. The third-order valence-electron chi connectivity index (χ3n) is 2.62. The van der Waals surface area contributed by atoms with Crippen molar-refractivity contribution in [1.29, 1.82) is 0 Å². The van der Waals surface area contributed by atoms with Crippen LogP contribution in [0.2, 0.25) is 0 Å². The van der Waals surface area contributed by atoms with Gasteiger partial charge in [-0.15, -0.1) is 0 Å². The first-order valence-corrected chi connectivity index (χ1v) is 5.31. The Balaban J connectivity index is 1.95. The second-order valence-corrected chi connectivity index (χ2v) is 3.77. The number of fused-ring (bicyclic) bond motifs is 1. The third-order valence-corrected chi connectivity index (χ3v) is 2.62. The number of H-pyrrole nitrogens is 2. The maximum Gasteiger partial charge on any atom is 0.0458 e. The van der Waals surface area contributed by atoms with Crippen LogP contribution in [0.5, 0.6) is 0 Å². The molecular weight excluding hydrogens is 196 g/mol. The number of benzene rings is 1. The van der Waals surface area contributed by atoms with Gasteiger partial charge < -0.3 is 9.97 Å². The Kier molecular flexibility index (Phi) is 2.11. The number of aromatic amines is 2. The number of aromatic nitrogens is 2. The molecule has 0 aliphatic heterocycles. The molecule has 2 nitrogen and oxygen atoms in total. The molecule has 2 aromatic heterocycles. The molecule has 3 aromatic rings. The monoisotopic (exact) mass is 208 g/mol. The second kappa shape index (κ2) is 3.74. The highest BCUT2D eigenvalue weighted by Crippen LogP contribution is 2.16. The van der Waals surface area contributed by atoms with Crippen LogP contribution in [-0.2, 0) is 0 Å². The Morgan fingerprint density at radius 3 is 2.56 bits per heavy atom. The van der Waals surface area contributed by atoms with E-state index in [4.69, 9.17) is 0 Å². The number of hydrogen-bond donors (Lipinski definition) is 2. The smallest absolute Gasteiger partial charge is 0.0458 e. The quantitative estimate of drug-likeness (QED) is 0.644. The Hall–Kier alpha value is -2.22. The number of hydrogen-bond acceptors (Lipinski definition) is 0. The van der Waals surface area contributed by atoms with Gasteiger partial charge in [0, 0.05) is 23.1 Å². The van der Waals surface area contributed by atoms with E-state index < -0.39 is 0 Å². The predicted molar refractivity (Wildman–Crippen MR) is 68.0 cm³/mol. The van der Waals surface area contributed by atoms with Crippen molar-refractivity contribution in [2.75, 3.05) is 0 Å². The summed E-state index contributed by atoms with van der Waals surface area (Å²) in [7, 11) is 0. The minimum absolute atomic E-state index is 1.11. The van der Waals surface area contributed by atoms with E-state index in [1.165, 1.54) is 10.9 Å².